The summed E-state index contributed by atoms with van der Waals surface area (Å²) in [5, 5.41) is 2.26. The van der Waals surface area contributed by atoms with Gasteiger partial charge in [0.15, 0.2) is 5.58 Å². The van der Waals surface area contributed by atoms with Crippen LogP contribution in [0.25, 0.3) is 55.3 Å². The van der Waals surface area contributed by atoms with Crippen LogP contribution in [0.15, 0.2) is 162 Å². The van der Waals surface area contributed by atoms with E-state index in [0.29, 0.717) is 0 Å². The molecule has 0 N–H and O–H groups in total. The van der Waals surface area contributed by atoms with Crippen molar-refractivity contribution in [1.29, 1.82) is 0 Å². The van der Waals surface area contributed by atoms with E-state index in [-0.39, 0.29) is 28.5 Å². The molecule has 0 amide bonds. The lowest BCUT2D eigenvalue weighted by atomic mass is 9.43. The largest absolute Gasteiger partial charge is 0.454 e. The average molecular weight is 871 g/mol. The zero-order valence-electron chi connectivity index (χ0n) is 40.9. The van der Waals surface area contributed by atoms with Crippen LogP contribution in [0.4, 0.5) is 28.4 Å². The number of anilines is 5. The first-order valence-electron chi connectivity index (χ1n) is 24.2. The third-order valence-corrected chi connectivity index (χ3v) is 15.3. The molecule has 0 unspecified atom stereocenters. The molecule has 330 valence electrons. The van der Waals surface area contributed by atoms with Gasteiger partial charge in [0.1, 0.15) is 5.58 Å². The molecule has 0 bridgehead atoms. The lowest BCUT2D eigenvalue weighted by Gasteiger charge is -2.46. The maximum Gasteiger partial charge on any atom is 0.333 e. The molecule has 12 rings (SSSR count). The summed E-state index contributed by atoms with van der Waals surface area (Å²) >= 11 is 0. The van der Waals surface area contributed by atoms with Gasteiger partial charge < -0.3 is 14.1 Å². The van der Waals surface area contributed by atoms with Crippen LogP contribution in [0.1, 0.15) is 104 Å². The molecule has 4 heteroatoms. The van der Waals surface area contributed by atoms with Gasteiger partial charge in [-0.05, 0) is 132 Å². The predicted molar refractivity (Wildman–Crippen MR) is 287 cm³/mol. The third kappa shape index (κ3) is 6.17. The highest BCUT2D eigenvalue weighted by Gasteiger charge is 2.49. The summed E-state index contributed by atoms with van der Waals surface area (Å²) in [6, 6.07) is 60.1. The van der Waals surface area contributed by atoms with Gasteiger partial charge in [-0.2, -0.15) is 0 Å². The van der Waals surface area contributed by atoms with Gasteiger partial charge in [-0.15, -0.1) is 0 Å². The first-order chi connectivity index (χ1) is 31.9. The fourth-order valence-corrected chi connectivity index (χ4v) is 11.6. The zero-order valence-corrected chi connectivity index (χ0v) is 40.9. The summed E-state index contributed by atoms with van der Waals surface area (Å²) in [6.45, 7) is 25.5. The van der Waals surface area contributed by atoms with E-state index >= 15 is 0 Å². The Balaban J connectivity index is 1.27. The van der Waals surface area contributed by atoms with Crippen LogP contribution in [0.5, 0.6) is 0 Å². The quantitative estimate of drug-likeness (QED) is 0.165. The van der Waals surface area contributed by atoms with E-state index < -0.39 is 0 Å². The smallest absolute Gasteiger partial charge is 0.333 e. The molecule has 0 saturated carbocycles. The second-order valence-corrected chi connectivity index (χ2v) is 23.0. The Hall–Kier alpha value is -6.78. The zero-order chi connectivity index (χ0) is 46.5. The molecule has 1 aromatic heterocycles. The topological polar surface area (TPSA) is 19.6 Å². The SMILES string of the molecule is CC(C)(C)c1ccc(N2B3c4cc(C(C)(C)C)ccc4N(c4ccc(C(C)(C)C)cc4-c4ccccc4)c4c3c(cc3c4oc4ccccc43)-c3cc4c(cc32)C(C)(C)c2ccccc2-4)cc1. The van der Waals surface area contributed by atoms with Crippen molar-refractivity contribution in [2.24, 2.45) is 0 Å². The van der Waals surface area contributed by atoms with Crippen LogP contribution in [-0.4, -0.2) is 6.85 Å². The average Bonchev–Trinajstić information content (AvgIpc) is 3.79. The van der Waals surface area contributed by atoms with Crippen molar-refractivity contribution in [3.05, 3.63) is 186 Å². The van der Waals surface area contributed by atoms with E-state index in [9.17, 15) is 0 Å². The molecule has 0 fully saturated rings. The van der Waals surface area contributed by atoms with E-state index in [1.807, 2.05) is 0 Å². The van der Waals surface area contributed by atoms with Crippen LogP contribution >= 0.6 is 0 Å². The fourth-order valence-electron chi connectivity index (χ4n) is 11.6. The van der Waals surface area contributed by atoms with Crippen LogP contribution in [-0.2, 0) is 21.7 Å². The molecular formula is C63H59BN2O. The van der Waals surface area contributed by atoms with Crippen molar-refractivity contribution < 1.29 is 4.42 Å². The van der Waals surface area contributed by atoms with Crippen molar-refractivity contribution in [1.82, 2.24) is 0 Å². The van der Waals surface area contributed by atoms with Gasteiger partial charge in [0, 0.05) is 44.4 Å². The van der Waals surface area contributed by atoms with E-state index in [0.717, 1.165) is 33.3 Å². The standard InChI is InChI=1S/C63H59BN2O/c1-60(2,3)39-25-29-42(30-26-39)66-55-37-51-46(43-21-15-17-23-50(43)63(51,10)11)35-47(55)48-36-49-44-22-16-18-24-56(44)67-59(49)58-57(48)64(66)52-34-41(62(7,8)9)28-32-54(52)65(58)53-31-27-40(61(4,5)6)33-45(53)38-19-13-12-14-20-38/h12-37H,1-11H3. The van der Waals surface area contributed by atoms with Crippen LogP contribution < -0.4 is 20.6 Å². The minimum absolute atomic E-state index is 0.0141. The maximum atomic E-state index is 7.26. The molecule has 3 nitrogen and oxygen atoms in total. The van der Waals surface area contributed by atoms with Gasteiger partial charge in [0.25, 0.3) is 0 Å². The van der Waals surface area contributed by atoms with Crippen molar-refractivity contribution in [3.8, 4) is 33.4 Å². The van der Waals surface area contributed by atoms with Crippen molar-refractivity contribution in [2.45, 2.75) is 97.8 Å². The van der Waals surface area contributed by atoms with E-state index in [4.69, 9.17) is 4.42 Å². The van der Waals surface area contributed by atoms with Gasteiger partial charge in [-0.3, -0.25) is 0 Å². The van der Waals surface area contributed by atoms with Crippen molar-refractivity contribution in [3.63, 3.8) is 0 Å². The molecule has 3 heterocycles. The molecule has 1 aliphatic carbocycles. The minimum Gasteiger partial charge on any atom is -0.454 e. The van der Waals surface area contributed by atoms with E-state index in [2.05, 4.69) is 244 Å². The summed E-state index contributed by atoms with van der Waals surface area (Å²) in [5.41, 5.74) is 24.1. The van der Waals surface area contributed by atoms with Crippen LogP contribution in [0.3, 0.4) is 0 Å². The van der Waals surface area contributed by atoms with Gasteiger partial charge >= 0.3 is 6.85 Å². The summed E-state index contributed by atoms with van der Waals surface area (Å²) in [4.78, 5) is 5.26. The second-order valence-electron chi connectivity index (χ2n) is 23.0. The van der Waals surface area contributed by atoms with Crippen LogP contribution in [0, 0.1) is 0 Å². The second kappa shape index (κ2) is 14.1. The number of hydrogen-bond acceptors (Lipinski definition) is 3. The van der Waals surface area contributed by atoms with Crippen molar-refractivity contribution >= 4 is 68.1 Å². The van der Waals surface area contributed by atoms with E-state index in [1.165, 1.54) is 89.2 Å². The number of hydrogen-bond donors (Lipinski definition) is 0. The van der Waals surface area contributed by atoms with Crippen LogP contribution in [0.2, 0.25) is 0 Å². The molecule has 0 atom stereocenters. The molecule has 0 radical (unpaired) electrons. The summed E-state index contributed by atoms with van der Waals surface area (Å²) < 4.78 is 7.26. The highest BCUT2D eigenvalue weighted by Crippen LogP contribution is 2.57. The highest BCUT2D eigenvalue weighted by molar-refractivity contribution is 6.94. The Morgan fingerprint density at radius 3 is 1.81 bits per heavy atom. The monoisotopic (exact) mass is 870 g/mol. The normalized spacial score (nSPS) is 14.8. The summed E-state index contributed by atoms with van der Waals surface area (Å²) in [5.74, 6) is 0. The molecule has 67 heavy (non-hydrogen) atoms. The van der Waals surface area contributed by atoms with Gasteiger partial charge in [0.05, 0.1) is 11.4 Å². The molecular weight excluding hydrogens is 812 g/mol. The summed E-state index contributed by atoms with van der Waals surface area (Å²) in [6.07, 6.45) is 0. The molecule has 3 aliphatic rings. The molecule has 0 saturated heterocycles. The summed E-state index contributed by atoms with van der Waals surface area (Å²) in [7, 11) is 0. The number of rotatable bonds is 3. The first-order valence-corrected chi connectivity index (χ1v) is 24.2. The van der Waals surface area contributed by atoms with Crippen molar-refractivity contribution in [2.75, 3.05) is 9.71 Å². The lowest BCUT2D eigenvalue weighted by molar-refractivity contribution is 0.590. The van der Waals surface area contributed by atoms with Gasteiger partial charge in [-0.25, -0.2) is 0 Å². The Bertz CT molecular complexity index is 3500. The number of para-hydroxylation sites is 1. The first kappa shape index (κ1) is 41.6. The minimum atomic E-state index is -0.178. The lowest BCUT2D eigenvalue weighted by Crippen LogP contribution is -2.61. The Kier molecular flexibility index (Phi) is 8.78. The molecule has 0 spiro atoms. The van der Waals surface area contributed by atoms with Gasteiger partial charge in [-0.1, -0.05) is 179 Å². The highest BCUT2D eigenvalue weighted by atomic mass is 16.3. The molecule has 8 aromatic carbocycles. The Morgan fingerprint density at radius 2 is 1.09 bits per heavy atom. The maximum absolute atomic E-state index is 7.26. The molecule has 9 aromatic rings. The van der Waals surface area contributed by atoms with E-state index in [1.54, 1.807) is 0 Å². The Morgan fingerprint density at radius 1 is 0.463 bits per heavy atom. The van der Waals surface area contributed by atoms with Gasteiger partial charge in [0.2, 0.25) is 0 Å². The number of benzene rings is 8. The predicted octanol–water partition coefficient (Wildman–Crippen LogP) is 16.2. The number of furan rings is 1. The third-order valence-electron chi connectivity index (χ3n) is 15.3. The Labute approximate surface area is 397 Å². The number of nitrogens with zero attached hydrogens (tertiary/aromatic N) is 2. The fraction of sp³-hybridized carbons (Fsp3) is 0.238. The number of fused-ring (bicyclic) bond motifs is 11. The molecule has 2 aliphatic heterocycles.